The van der Waals surface area contributed by atoms with Crippen molar-refractivity contribution in [3.63, 3.8) is 0 Å². The van der Waals surface area contributed by atoms with E-state index in [0.29, 0.717) is 35.9 Å². The molecule has 2 heterocycles. The zero-order chi connectivity index (χ0) is 22.9. The summed E-state index contributed by atoms with van der Waals surface area (Å²) in [4.78, 5) is 46.2. The number of likely N-dealkylation sites (N-methyl/N-ethyl adjacent to an activating group) is 1. The first-order chi connectivity index (χ1) is 15.5. The van der Waals surface area contributed by atoms with Crippen LogP contribution in [-0.4, -0.2) is 65.7 Å². The molecule has 32 heavy (non-hydrogen) atoms. The fourth-order valence-electron chi connectivity index (χ4n) is 3.59. The molecule has 3 rings (SSSR count). The van der Waals surface area contributed by atoms with Crippen molar-refractivity contribution in [2.24, 2.45) is 0 Å². The van der Waals surface area contributed by atoms with Crippen LogP contribution in [0.15, 0.2) is 29.8 Å². The van der Waals surface area contributed by atoms with Crippen LogP contribution in [0.5, 0.6) is 0 Å². The summed E-state index contributed by atoms with van der Waals surface area (Å²) >= 11 is 1.31. The van der Waals surface area contributed by atoms with Gasteiger partial charge in [-0.15, -0.1) is 11.3 Å². The summed E-state index contributed by atoms with van der Waals surface area (Å²) in [5.74, 6) is 0.0293. The quantitative estimate of drug-likeness (QED) is 0.440. The molecule has 1 aliphatic rings. The van der Waals surface area contributed by atoms with E-state index >= 15 is 0 Å². The summed E-state index contributed by atoms with van der Waals surface area (Å²) in [6.45, 7) is 5.25. The minimum atomic E-state index is -0.455. The van der Waals surface area contributed by atoms with Gasteiger partial charge in [-0.1, -0.05) is 25.8 Å². The Morgan fingerprint density at radius 2 is 1.88 bits per heavy atom. The van der Waals surface area contributed by atoms with E-state index in [1.165, 1.54) is 11.3 Å². The maximum atomic E-state index is 12.9. The molecule has 1 fully saturated rings. The van der Waals surface area contributed by atoms with Crippen LogP contribution < -0.4 is 10.6 Å². The molecule has 0 saturated carbocycles. The van der Waals surface area contributed by atoms with Crippen molar-refractivity contribution in [2.45, 2.75) is 39.0 Å². The van der Waals surface area contributed by atoms with E-state index in [1.54, 1.807) is 29.8 Å². The third-order valence-electron chi connectivity index (χ3n) is 5.50. The van der Waals surface area contributed by atoms with Crippen molar-refractivity contribution in [1.82, 2.24) is 14.8 Å². The maximum absolute atomic E-state index is 12.9. The van der Waals surface area contributed by atoms with Crippen LogP contribution in [0.1, 0.15) is 48.5 Å². The number of thiazole rings is 1. The molecule has 0 spiro atoms. The van der Waals surface area contributed by atoms with E-state index in [4.69, 9.17) is 0 Å². The number of nitrogens with one attached hydrogen (secondary N) is 2. The number of hydrogen-bond donors (Lipinski definition) is 2. The van der Waals surface area contributed by atoms with Gasteiger partial charge in [0, 0.05) is 49.7 Å². The molecule has 1 saturated heterocycles. The van der Waals surface area contributed by atoms with Gasteiger partial charge in [0.25, 0.3) is 0 Å². The number of amides is 3. The number of carbonyl (C=O) groups excluding carboxylic acids is 3. The normalized spacial score (nSPS) is 14.2. The van der Waals surface area contributed by atoms with E-state index < -0.39 is 6.03 Å². The SMILES string of the molecule is CCCCCC(=O)c1cc(CC(=O)N2CCN(C)CC2)ccc1NC(=O)Nc1nccs1. The van der Waals surface area contributed by atoms with E-state index in [2.05, 4.69) is 34.5 Å². The molecule has 3 amide bonds. The van der Waals surface area contributed by atoms with Crippen LogP contribution in [0, 0.1) is 0 Å². The van der Waals surface area contributed by atoms with Crippen molar-refractivity contribution < 1.29 is 14.4 Å². The van der Waals surface area contributed by atoms with E-state index in [-0.39, 0.29) is 18.1 Å². The van der Waals surface area contributed by atoms with E-state index in [0.717, 1.165) is 37.9 Å². The number of carbonyl (C=O) groups is 3. The number of piperazine rings is 1. The second-order valence-electron chi connectivity index (χ2n) is 8.04. The van der Waals surface area contributed by atoms with Crippen LogP contribution in [0.2, 0.25) is 0 Å². The first kappa shape index (κ1) is 23.9. The highest BCUT2D eigenvalue weighted by molar-refractivity contribution is 7.13. The van der Waals surface area contributed by atoms with Crippen LogP contribution in [-0.2, 0) is 11.2 Å². The largest absolute Gasteiger partial charge is 0.340 e. The molecule has 8 nitrogen and oxygen atoms in total. The zero-order valence-electron chi connectivity index (χ0n) is 18.7. The van der Waals surface area contributed by atoms with Gasteiger partial charge in [-0.25, -0.2) is 9.78 Å². The van der Waals surface area contributed by atoms with Crippen LogP contribution in [0.4, 0.5) is 15.6 Å². The van der Waals surface area contributed by atoms with Gasteiger partial charge in [-0.05, 0) is 31.2 Å². The Labute approximate surface area is 193 Å². The van der Waals surface area contributed by atoms with Gasteiger partial charge >= 0.3 is 6.03 Å². The van der Waals surface area contributed by atoms with Gasteiger partial charge in [0.05, 0.1) is 12.1 Å². The number of rotatable bonds is 9. The summed E-state index contributed by atoms with van der Waals surface area (Å²) in [6.07, 6.45) is 5.05. The Morgan fingerprint density at radius 3 is 2.56 bits per heavy atom. The predicted molar refractivity (Wildman–Crippen MR) is 127 cm³/mol. The summed E-state index contributed by atoms with van der Waals surface area (Å²) in [7, 11) is 2.05. The molecule has 2 N–H and O–H groups in total. The van der Waals surface area contributed by atoms with E-state index in [1.807, 2.05) is 4.90 Å². The van der Waals surface area contributed by atoms with Gasteiger partial charge in [0.1, 0.15) is 0 Å². The third-order valence-corrected chi connectivity index (χ3v) is 6.19. The lowest BCUT2D eigenvalue weighted by Crippen LogP contribution is -2.47. The maximum Gasteiger partial charge on any atom is 0.325 e. The summed E-state index contributed by atoms with van der Waals surface area (Å²) in [5, 5.41) is 7.68. The average Bonchev–Trinajstić information content (AvgIpc) is 3.28. The third kappa shape index (κ3) is 6.86. The molecule has 0 unspecified atom stereocenters. The van der Waals surface area contributed by atoms with Gasteiger partial charge < -0.3 is 15.1 Å². The van der Waals surface area contributed by atoms with Crippen molar-refractivity contribution in [3.05, 3.63) is 40.9 Å². The molecule has 2 aromatic rings. The molecule has 9 heteroatoms. The van der Waals surface area contributed by atoms with Gasteiger partial charge in [-0.2, -0.15) is 0 Å². The number of anilines is 2. The highest BCUT2D eigenvalue weighted by atomic mass is 32.1. The minimum Gasteiger partial charge on any atom is -0.340 e. The molecule has 172 valence electrons. The molecule has 0 aliphatic carbocycles. The fourth-order valence-corrected chi connectivity index (χ4v) is 4.11. The monoisotopic (exact) mass is 457 g/mol. The first-order valence-corrected chi connectivity index (χ1v) is 11.9. The Morgan fingerprint density at radius 1 is 1.09 bits per heavy atom. The second kappa shape index (κ2) is 11.7. The summed E-state index contributed by atoms with van der Waals surface area (Å²) in [6, 6.07) is 4.81. The number of urea groups is 1. The number of nitrogens with zero attached hydrogens (tertiary/aromatic N) is 3. The summed E-state index contributed by atoms with van der Waals surface area (Å²) in [5.41, 5.74) is 1.66. The molecular weight excluding hydrogens is 426 g/mol. The standard InChI is InChI=1S/C23H31N5O3S/c1-3-4-5-6-20(29)18-15-17(16-21(30)28-12-10-27(2)11-13-28)7-8-19(18)25-22(31)26-23-24-9-14-32-23/h7-9,14-15H,3-6,10-13,16H2,1-2H3,(H2,24,25,26,31). The lowest BCUT2D eigenvalue weighted by atomic mass is 9.99. The fraction of sp³-hybridized carbons (Fsp3) is 0.478. The van der Waals surface area contributed by atoms with Crippen LogP contribution in [0.3, 0.4) is 0 Å². The zero-order valence-corrected chi connectivity index (χ0v) is 19.5. The Hall–Kier alpha value is -2.78. The molecule has 0 atom stereocenters. The smallest absolute Gasteiger partial charge is 0.325 e. The molecule has 1 aromatic carbocycles. The Bertz CT molecular complexity index is 924. The van der Waals surface area contributed by atoms with Gasteiger partial charge in [0.2, 0.25) is 5.91 Å². The molecule has 0 bridgehead atoms. The van der Waals surface area contributed by atoms with Crippen molar-refractivity contribution >= 4 is 39.9 Å². The minimum absolute atomic E-state index is 0.0307. The molecule has 1 aliphatic heterocycles. The molecule has 1 aromatic heterocycles. The lowest BCUT2D eigenvalue weighted by molar-refractivity contribution is -0.132. The predicted octanol–water partition coefficient (Wildman–Crippen LogP) is 3.87. The second-order valence-corrected chi connectivity index (χ2v) is 8.93. The number of Topliss-reactive ketones (excluding diaryl/α,β-unsaturated/α-hetero) is 1. The Balaban J connectivity index is 1.72. The number of aromatic nitrogens is 1. The summed E-state index contributed by atoms with van der Waals surface area (Å²) < 4.78 is 0. The lowest BCUT2D eigenvalue weighted by Gasteiger charge is -2.32. The van der Waals surface area contributed by atoms with Crippen LogP contribution >= 0.6 is 11.3 Å². The van der Waals surface area contributed by atoms with Crippen molar-refractivity contribution in [2.75, 3.05) is 43.9 Å². The number of ketones is 1. The van der Waals surface area contributed by atoms with Gasteiger partial charge in [0.15, 0.2) is 10.9 Å². The van der Waals surface area contributed by atoms with Crippen molar-refractivity contribution in [3.8, 4) is 0 Å². The first-order valence-electron chi connectivity index (χ1n) is 11.1. The van der Waals surface area contributed by atoms with Gasteiger partial charge in [-0.3, -0.25) is 14.9 Å². The van der Waals surface area contributed by atoms with Crippen LogP contribution in [0.25, 0.3) is 0 Å². The van der Waals surface area contributed by atoms with Crippen molar-refractivity contribution in [1.29, 1.82) is 0 Å². The number of hydrogen-bond acceptors (Lipinski definition) is 6. The molecule has 0 radical (unpaired) electrons. The number of benzene rings is 1. The Kier molecular flexibility index (Phi) is 8.75. The highest BCUT2D eigenvalue weighted by Crippen LogP contribution is 2.22. The highest BCUT2D eigenvalue weighted by Gasteiger charge is 2.21. The molecular formula is C23H31N5O3S. The number of unbranched alkanes of at least 4 members (excludes halogenated alkanes) is 2. The topological polar surface area (TPSA) is 94.6 Å². The average molecular weight is 458 g/mol. The van der Waals surface area contributed by atoms with E-state index in [9.17, 15) is 14.4 Å².